The first-order valence-corrected chi connectivity index (χ1v) is 9.49. The molecular weight excluding hydrogens is 348 g/mol. The summed E-state index contributed by atoms with van der Waals surface area (Å²) in [6.07, 6.45) is 3.07. The average Bonchev–Trinajstić information content (AvgIpc) is 2.64. The van der Waals surface area contributed by atoms with Gasteiger partial charge in [0.25, 0.3) is 0 Å². The SMILES string of the molecule is CCCC[C@H](C(=O)Nc1ccccc1)c1ccc(NC(=O)CCCl)cc1. The third-order valence-electron chi connectivity index (χ3n) is 4.12. The lowest BCUT2D eigenvalue weighted by atomic mass is 9.92. The standard InChI is InChI=1S/C21H25ClN2O2/c1-2-3-9-19(21(26)24-17-7-5-4-6-8-17)16-10-12-18(13-11-16)23-20(25)14-15-22/h4-8,10-13,19H,2-3,9,14-15H2,1H3,(H,23,25)(H,24,26)/t19-/m0/s1. The van der Waals surface area contributed by atoms with Crippen LogP contribution in [-0.4, -0.2) is 17.7 Å². The van der Waals surface area contributed by atoms with Crippen LogP contribution in [-0.2, 0) is 9.59 Å². The third-order valence-corrected chi connectivity index (χ3v) is 4.31. The molecule has 138 valence electrons. The summed E-state index contributed by atoms with van der Waals surface area (Å²) in [7, 11) is 0. The second kappa shape index (κ2) is 10.6. The summed E-state index contributed by atoms with van der Waals surface area (Å²) in [4.78, 5) is 24.4. The summed E-state index contributed by atoms with van der Waals surface area (Å²) in [6, 6.07) is 16.9. The summed E-state index contributed by atoms with van der Waals surface area (Å²) in [5, 5.41) is 5.79. The number of unbranched alkanes of at least 4 members (excludes halogenated alkanes) is 1. The maximum atomic E-state index is 12.8. The van der Waals surface area contributed by atoms with Crippen molar-refractivity contribution in [2.24, 2.45) is 0 Å². The Labute approximate surface area is 159 Å². The van der Waals surface area contributed by atoms with E-state index in [0.717, 1.165) is 30.5 Å². The molecule has 0 bridgehead atoms. The van der Waals surface area contributed by atoms with Crippen molar-refractivity contribution in [3.63, 3.8) is 0 Å². The van der Waals surface area contributed by atoms with Gasteiger partial charge < -0.3 is 10.6 Å². The molecule has 2 amide bonds. The summed E-state index contributed by atoms with van der Waals surface area (Å²) in [5.41, 5.74) is 2.45. The quantitative estimate of drug-likeness (QED) is 0.597. The molecule has 0 aliphatic carbocycles. The Kier molecular flexibility index (Phi) is 8.16. The monoisotopic (exact) mass is 372 g/mol. The molecule has 2 N–H and O–H groups in total. The van der Waals surface area contributed by atoms with E-state index in [2.05, 4.69) is 17.6 Å². The number of amides is 2. The van der Waals surface area contributed by atoms with Gasteiger partial charge in [0.05, 0.1) is 5.92 Å². The summed E-state index contributed by atoms with van der Waals surface area (Å²) in [5.74, 6) is -0.0497. The van der Waals surface area contributed by atoms with Crippen LogP contribution < -0.4 is 10.6 Å². The molecule has 0 radical (unpaired) electrons. The van der Waals surface area contributed by atoms with Crippen molar-refractivity contribution >= 4 is 34.8 Å². The van der Waals surface area contributed by atoms with E-state index < -0.39 is 0 Å². The molecule has 2 aromatic carbocycles. The molecule has 0 aliphatic rings. The Morgan fingerprint density at radius 2 is 1.62 bits per heavy atom. The largest absolute Gasteiger partial charge is 0.326 e. The van der Waals surface area contributed by atoms with Gasteiger partial charge in [0.1, 0.15) is 0 Å². The highest BCUT2D eigenvalue weighted by molar-refractivity contribution is 6.19. The van der Waals surface area contributed by atoms with Crippen LogP contribution in [0.2, 0.25) is 0 Å². The van der Waals surface area contributed by atoms with Crippen LogP contribution in [0.5, 0.6) is 0 Å². The Morgan fingerprint density at radius 3 is 2.23 bits per heavy atom. The van der Waals surface area contributed by atoms with E-state index in [0.29, 0.717) is 11.6 Å². The molecule has 2 rings (SSSR count). The zero-order chi connectivity index (χ0) is 18.8. The molecule has 1 atom stereocenters. The van der Waals surface area contributed by atoms with E-state index in [9.17, 15) is 9.59 Å². The van der Waals surface area contributed by atoms with Gasteiger partial charge in [-0.2, -0.15) is 0 Å². The number of benzene rings is 2. The lowest BCUT2D eigenvalue weighted by Crippen LogP contribution is -2.21. The number of nitrogens with one attached hydrogen (secondary N) is 2. The van der Waals surface area contributed by atoms with Crippen molar-refractivity contribution < 1.29 is 9.59 Å². The van der Waals surface area contributed by atoms with E-state index >= 15 is 0 Å². The van der Waals surface area contributed by atoms with Gasteiger partial charge in [0.15, 0.2) is 0 Å². The highest BCUT2D eigenvalue weighted by atomic mass is 35.5. The van der Waals surface area contributed by atoms with Gasteiger partial charge in [-0.25, -0.2) is 0 Å². The highest BCUT2D eigenvalue weighted by Crippen LogP contribution is 2.25. The summed E-state index contributed by atoms with van der Waals surface area (Å²) in [6.45, 7) is 2.11. The van der Waals surface area contributed by atoms with Crippen molar-refractivity contribution in [2.45, 2.75) is 38.5 Å². The first-order chi connectivity index (χ1) is 12.6. The number of rotatable bonds is 9. The fraction of sp³-hybridized carbons (Fsp3) is 0.333. The molecule has 0 unspecified atom stereocenters. The van der Waals surface area contributed by atoms with E-state index in [4.69, 9.17) is 11.6 Å². The van der Waals surface area contributed by atoms with E-state index in [1.807, 2.05) is 54.6 Å². The van der Waals surface area contributed by atoms with Crippen LogP contribution in [0.4, 0.5) is 11.4 Å². The maximum absolute atomic E-state index is 12.8. The van der Waals surface area contributed by atoms with Crippen molar-refractivity contribution in [2.75, 3.05) is 16.5 Å². The average molecular weight is 373 g/mol. The number of para-hydroxylation sites is 1. The molecule has 2 aromatic rings. The van der Waals surface area contributed by atoms with Crippen molar-refractivity contribution in [1.29, 1.82) is 0 Å². The molecular formula is C21H25ClN2O2. The van der Waals surface area contributed by atoms with E-state index in [1.54, 1.807) is 0 Å². The molecule has 0 saturated carbocycles. The molecule has 26 heavy (non-hydrogen) atoms. The topological polar surface area (TPSA) is 58.2 Å². The summed E-state index contributed by atoms with van der Waals surface area (Å²) >= 11 is 5.57. The Morgan fingerprint density at radius 1 is 0.962 bits per heavy atom. The minimum absolute atomic E-state index is 0.0106. The number of hydrogen-bond donors (Lipinski definition) is 2. The summed E-state index contributed by atoms with van der Waals surface area (Å²) < 4.78 is 0. The molecule has 5 heteroatoms. The van der Waals surface area contributed by atoms with Crippen LogP contribution in [0.3, 0.4) is 0 Å². The Bertz CT molecular complexity index is 702. The lowest BCUT2D eigenvalue weighted by Gasteiger charge is -2.18. The van der Waals surface area contributed by atoms with Crippen molar-refractivity contribution in [3.05, 3.63) is 60.2 Å². The van der Waals surface area contributed by atoms with Crippen molar-refractivity contribution in [1.82, 2.24) is 0 Å². The smallest absolute Gasteiger partial charge is 0.231 e. The zero-order valence-electron chi connectivity index (χ0n) is 15.0. The van der Waals surface area contributed by atoms with Gasteiger partial charge in [0.2, 0.25) is 11.8 Å². The highest BCUT2D eigenvalue weighted by Gasteiger charge is 2.20. The van der Waals surface area contributed by atoms with Gasteiger partial charge in [-0.15, -0.1) is 11.6 Å². The number of carbonyl (C=O) groups is 2. The molecule has 4 nitrogen and oxygen atoms in total. The Hall–Kier alpha value is -2.33. The number of carbonyl (C=O) groups excluding carboxylic acids is 2. The fourth-order valence-electron chi connectivity index (χ4n) is 2.72. The molecule has 0 aliphatic heterocycles. The number of alkyl halides is 1. The minimum Gasteiger partial charge on any atom is -0.326 e. The second-order valence-corrected chi connectivity index (χ2v) is 6.54. The first kappa shape index (κ1) is 20.0. The molecule has 0 fully saturated rings. The minimum atomic E-state index is -0.220. The van der Waals surface area contributed by atoms with Gasteiger partial charge >= 0.3 is 0 Å². The van der Waals surface area contributed by atoms with Crippen LogP contribution >= 0.6 is 11.6 Å². The van der Waals surface area contributed by atoms with Gasteiger partial charge in [0, 0.05) is 23.7 Å². The van der Waals surface area contributed by atoms with Crippen LogP contribution in [0, 0.1) is 0 Å². The van der Waals surface area contributed by atoms with Crippen LogP contribution in [0.15, 0.2) is 54.6 Å². The lowest BCUT2D eigenvalue weighted by molar-refractivity contribution is -0.118. The zero-order valence-corrected chi connectivity index (χ0v) is 15.8. The molecule has 0 aromatic heterocycles. The predicted octanol–water partition coefficient (Wildman–Crippen LogP) is 5.17. The number of halogens is 1. The van der Waals surface area contributed by atoms with Crippen LogP contribution in [0.25, 0.3) is 0 Å². The number of hydrogen-bond acceptors (Lipinski definition) is 2. The predicted molar refractivity (Wildman–Crippen MR) is 108 cm³/mol. The fourth-order valence-corrected chi connectivity index (χ4v) is 2.89. The molecule has 0 spiro atoms. The van der Waals surface area contributed by atoms with Gasteiger partial charge in [-0.3, -0.25) is 9.59 Å². The molecule has 0 heterocycles. The third kappa shape index (κ3) is 6.19. The molecule has 0 saturated heterocycles. The van der Waals surface area contributed by atoms with Crippen molar-refractivity contribution in [3.8, 4) is 0 Å². The van der Waals surface area contributed by atoms with E-state index in [1.165, 1.54) is 0 Å². The van der Waals surface area contributed by atoms with Gasteiger partial charge in [-0.05, 0) is 36.2 Å². The Balaban J connectivity index is 2.10. The number of anilines is 2. The van der Waals surface area contributed by atoms with Crippen LogP contribution in [0.1, 0.15) is 44.1 Å². The normalized spacial score (nSPS) is 11.6. The first-order valence-electron chi connectivity index (χ1n) is 8.95. The second-order valence-electron chi connectivity index (χ2n) is 6.16. The van der Waals surface area contributed by atoms with Gasteiger partial charge in [-0.1, -0.05) is 50.1 Å². The van der Waals surface area contributed by atoms with E-state index in [-0.39, 0.29) is 24.2 Å². The maximum Gasteiger partial charge on any atom is 0.231 e.